The van der Waals surface area contributed by atoms with E-state index in [0.29, 0.717) is 16.8 Å². The zero-order chi connectivity index (χ0) is 14.2. The molecule has 112 valence electrons. The first-order valence-corrected chi connectivity index (χ1v) is 7.47. The molecule has 1 aliphatic rings. The molecule has 7 heteroatoms. The van der Waals surface area contributed by atoms with Crippen molar-refractivity contribution in [2.24, 2.45) is 0 Å². The molecule has 6 nitrogen and oxygen atoms in total. The minimum Gasteiger partial charge on any atom is -0.379 e. The Morgan fingerprint density at radius 2 is 2.15 bits per heavy atom. The third-order valence-corrected chi connectivity index (χ3v) is 3.40. The van der Waals surface area contributed by atoms with Crippen molar-refractivity contribution >= 4 is 23.4 Å². The molecule has 2 heterocycles. The molecule has 2 N–H and O–H groups in total. The molecule has 0 saturated carbocycles. The fraction of sp³-hybridized carbons (Fsp3) is 0.692. The van der Waals surface area contributed by atoms with Gasteiger partial charge in [0, 0.05) is 26.2 Å². The summed E-state index contributed by atoms with van der Waals surface area (Å²) in [6, 6.07) is 0. The Bertz CT molecular complexity index is 412. The number of ether oxygens (including phenoxy) is 1. The lowest BCUT2D eigenvalue weighted by Crippen LogP contribution is -2.37. The number of hydrogen-bond donors (Lipinski definition) is 2. The Balaban J connectivity index is 1.73. The summed E-state index contributed by atoms with van der Waals surface area (Å²) in [7, 11) is 0. The van der Waals surface area contributed by atoms with Gasteiger partial charge in [-0.2, -0.15) is 4.98 Å². The molecule has 0 aliphatic carbocycles. The van der Waals surface area contributed by atoms with Crippen LogP contribution in [-0.4, -0.2) is 60.8 Å². The van der Waals surface area contributed by atoms with Crippen molar-refractivity contribution in [3.05, 3.63) is 11.2 Å². The van der Waals surface area contributed by atoms with Crippen LogP contribution in [0.25, 0.3) is 0 Å². The van der Waals surface area contributed by atoms with Gasteiger partial charge in [0.05, 0.1) is 19.4 Å². The van der Waals surface area contributed by atoms with Crippen LogP contribution in [0.2, 0.25) is 5.02 Å². The van der Waals surface area contributed by atoms with Crippen LogP contribution in [0, 0.1) is 0 Å². The van der Waals surface area contributed by atoms with Gasteiger partial charge in [-0.05, 0) is 19.9 Å². The number of halogens is 1. The van der Waals surface area contributed by atoms with E-state index in [-0.39, 0.29) is 0 Å². The maximum atomic E-state index is 6.08. The summed E-state index contributed by atoms with van der Waals surface area (Å²) in [6.07, 6.45) is 2.67. The van der Waals surface area contributed by atoms with Gasteiger partial charge in [0.15, 0.2) is 0 Å². The van der Waals surface area contributed by atoms with Crippen molar-refractivity contribution < 1.29 is 4.74 Å². The van der Waals surface area contributed by atoms with E-state index in [1.54, 1.807) is 6.20 Å². The van der Waals surface area contributed by atoms with Crippen LogP contribution >= 0.6 is 11.6 Å². The summed E-state index contributed by atoms with van der Waals surface area (Å²) in [5.41, 5.74) is 0. The van der Waals surface area contributed by atoms with Crippen molar-refractivity contribution in [2.45, 2.75) is 13.3 Å². The highest BCUT2D eigenvalue weighted by Gasteiger charge is 2.09. The molecule has 2 rings (SSSR count). The van der Waals surface area contributed by atoms with Gasteiger partial charge in [-0.3, -0.25) is 4.90 Å². The third-order valence-electron chi connectivity index (χ3n) is 3.13. The average molecular weight is 300 g/mol. The molecule has 1 saturated heterocycles. The Morgan fingerprint density at radius 3 is 2.90 bits per heavy atom. The van der Waals surface area contributed by atoms with Crippen molar-refractivity contribution in [1.82, 2.24) is 14.9 Å². The lowest BCUT2D eigenvalue weighted by molar-refractivity contribution is 0.0378. The molecule has 1 aromatic rings. The predicted octanol–water partition coefficient (Wildman–Crippen LogP) is 1.70. The normalized spacial score (nSPS) is 16.1. The van der Waals surface area contributed by atoms with Crippen LogP contribution in [0.4, 0.5) is 11.8 Å². The van der Waals surface area contributed by atoms with Crippen LogP contribution in [0.5, 0.6) is 0 Å². The van der Waals surface area contributed by atoms with E-state index < -0.39 is 0 Å². The Kier molecular flexibility index (Phi) is 6.29. The maximum Gasteiger partial charge on any atom is 0.224 e. The second kappa shape index (κ2) is 8.24. The van der Waals surface area contributed by atoms with Crippen molar-refractivity contribution in [1.29, 1.82) is 0 Å². The van der Waals surface area contributed by atoms with Crippen LogP contribution in [-0.2, 0) is 4.74 Å². The monoisotopic (exact) mass is 299 g/mol. The van der Waals surface area contributed by atoms with Gasteiger partial charge in [-0.25, -0.2) is 4.98 Å². The van der Waals surface area contributed by atoms with E-state index in [1.165, 1.54) is 0 Å². The second-order valence-corrected chi connectivity index (χ2v) is 5.06. The number of nitrogens with one attached hydrogen (secondary N) is 2. The van der Waals surface area contributed by atoms with E-state index >= 15 is 0 Å². The van der Waals surface area contributed by atoms with Gasteiger partial charge in [0.2, 0.25) is 5.95 Å². The Hall–Kier alpha value is -1.11. The molecule has 0 radical (unpaired) electrons. The van der Waals surface area contributed by atoms with E-state index in [0.717, 1.165) is 52.4 Å². The number of anilines is 2. The standard InChI is InChI=1S/C13H22ClN5O/c1-2-15-13-17-10-11(14)12(18-13)16-4-3-5-19-6-8-20-9-7-19/h10H,2-9H2,1H3,(H2,15,16,17,18). The number of morpholine rings is 1. The van der Waals surface area contributed by atoms with E-state index in [1.807, 2.05) is 6.92 Å². The predicted molar refractivity (Wildman–Crippen MR) is 81.6 cm³/mol. The van der Waals surface area contributed by atoms with Crippen LogP contribution in [0.1, 0.15) is 13.3 Å². The molecular weight excluding hydrogens is 278 g/mol. The SMILES string of the molecule is CCNc1ncc(Cl)c(NCCCN2CCOCC2)n1. The maximum absolute atomic E-state index is 6.08. The van der Waals surface area contributed by atoms with Gasteiger partial charge < -0.3 is 15.4 Å². The minimum atomic E-state index is 0.554. The topological polar surface area (TPSA) is 62.3 Å². The zero-order valence-electron chi connectivity index (χ0n) is 11.9. The largest absolute Gasteiger partial charge is 0.379 e. The third kappa shape index (κ3) is 4.77. The molecule has 20 heavy (non-hydrogen) atoms. The lowest BCUT2D eigenvalue weighted by Gasteiger charge is -2.26. The molecule has 0 aromatic carbocycles. The summed E-state index contributed by atoms with van der Waals surface area (Å²) >= 11 is 6.08. The molecule has 0 spiro atoms. The van der Waals surface area contributed by atoms with Gasteiger partial charge in [-0.15, -0.1) is 0 Å². The fourth-order valence-electron chi connectivity index (χ4n) is 2.07. The fourth-order valence-corrected chi connectivity index (χ4v) is 2.23. The summed E-state index contributed by atoms with van der Waals surface area (Å²) in [5.74, 6) is 1.30. The minimum absolute atomic E-state index is 0.554. The smallest absolute Gasteiger partial charge is 0.224 e. The van der Waals surface area contributed by atoms with Gasteiger partial charge >= 0.3 is 0 Å². The van der Waals surface area contributed by atoms with Crippen molar-refractivity contribution in [2.75, 3.05) is 56.6 Å². The number of aromatic nitrogens is 2. The first-order valence-electron chi connectivity index (χ1n) is 7.10. The molecule has 1 aromatic heterocycles. The zero-order valence-corrected chi connectivity index (χ0v) is 12.6. The first-order chi connectivity index (χ1) is 9.79. The molecule has 0 unspecified atom stereocenters. The molecule has 0 bridgehead atoms. The number of hydrogen-bond acceptors (Lipinski definition) is 6. The quantitative estimate of drug-likeness (QED) is 0.747. The second-order valence-electron chi connectivity index (χ2n) is 4.65. The van der Waals surface area contributed by atoms with E-state index in [4.69, 9.17) is 16.3 Å². The van der Waals surface area contributed by atoms with Crippen LogP contribution in [0.3, 0.4) is 0 Å². The number of nitrogens with zero attached hydrogens (tertiary/aromatic N) is 3. The van der Waals surface area contributed by atoms with Crippen LogP contribution in [0.15, 0.2) is 6.20 Å². The van der Waals surface area contributed by atoms with Gasteiger partial charge in [-0.1, -0.05) is 11.6 Å². The number of rotatable bonds is 7. The molecule has 1 fully saturated rings. The van der Waals surface area contributed by atoms with Crippen molar-refractivity contribution in [3.8, 4) is 0 Å². The Labute approximate surface area is 124 Å². The Morgan fingerprint density at radius 1 is 1.35 bits per heavy atom. The highest BCUT2D eigenvalue weighted by Crippen LogP contribution is 2.19. The highest BCUT2D eigenvalue weighted by molar-refractivity contribution is 6.32. The molecule has 1 aliphatic heterocycles. The summed E-state index contributed by atoms with van der Waals surface area (Å²) < 4.78 is 5.33. The van der Waals surface area contributed by atoms with Crippen LogP contribution < -0.4 is 10.6 Å². The van der Waals surface area contributed by atoms with E-state index in [2.05, 4.69) is 25.5 Å². The van der Waals surface area contributed by atoms with Gasteiger partial charge in [0.1, 0.15) is 10.8 Å². The van der Waals surface area contributed by atoms with Gasteiger partial charge in [0.25, 0.3) is 0 Å². The van der Waals surface area contributed by atoms with Crippen molar-refractivity contribution in [3.63, 3.8) is 0 Å². The highest BCUT2D eigenvalue weighted by atomic mass is 35.5. The lowest BCUT2D eigenvalue weighted by atomic mass is 10.3. The summed E-state index contributed by atoms with van der Waals surface area (Å²) in [4.78, 5) is 10.9. The first kappa shape index (κ1) is 15.3. The molecule has 0 atom stereocenters. The summed E-state index contributed by atoms with van der Waals surface area (Å²) in [5, 5.41) is 6.90. The average Bonchev–Trinajstić information content (AvgIpc) is 2.48. The molecular formula is C13H22ClN5O. The molecule has 0 amide bonds. The van der Waals surface area contributed by atoms with E-state index in [9.17, 15) is 0 Å². The summed E-state index contributed by atoms with van der Waals surface area (Å²) in [6.45, 7) is 8.45.